The van der Waals surface area contributed by atoms with Crippen molar-refractivity contribution in [1.29, 1.82) is 0 Å². The maximum Gasteiger partial charge on any atom is 0.416 e. The quantitative estimate of drug-likeness (QED) is 0.533. The van der Waals surface area contributed by atoms with Crippen LogP contribution in [0.4, 0.5) is 18.9 Å². The van der Waals surface area contributed by atoms with Gasteiger partial charge in [-0.05, 0) is 30.3 Å². The summed E-state index contributed by atoms with van der Waals surface area (Å²) in [6, 6.07) is 11.3. The lowest BCUT2D eigenvalue weighted by atomic mass is 10.2. The molecule has 0 aromatic heterocycles. The first-order valence-corrected chi connectivity index (χ1v) is 9.77. The molecule has 0 bridgehead atoms. The highest BCUT2D eigenvalue weighted by atomic mass is 32.2. The maximum absolute atomic E-state index is 12.8. The van der Waals surface area contributed by atoms with Crippen molar-refractivity contribution in [2.75, 3.05) is 19.0 Å². The Morgan fingerprint density at radius 1 is 1.23 bits per heavy atom. The van der Waals surface area contributed by atoms with Crippen molar-refractivity contribution < 1.29 is 27.5 Å². The second kappa shape index (κ2) is 8.88. The molecule has 0 spiro atoms. The van der Waals surface area contributed by atoms with Crippen molar-refractivity contribution in [2.24, 2.45) is 0 Å². The van der Waals surface area contributed by atoms with Crippen LogP contribution in [0.15, 0.2) is 53.4 Å². The van der Waals surface area contributed by atoms with Crippen molar-refractivity contribution in [2.45, 2.75) is 6.18 Å². The van der Waals surface area contributed by atoms with Crippen molar-refractivity contribution in [3.05, 3.63) is 64.6 Å². The summed E-state index contributed by atoms with van der Waals surface area (Å²) in [5.41, 5.74) is -0.232. The number of thioether (sulfide) groups is 1. The first-order valence-electron chi connectivity index (χ1n) is 8.54. The molecule has 2 amide bonds. The highest BCUT2D eigenvalue weighted by Crippen LogP contribution is 2.34. The fourth-order valence-corrected chi connectivity index (χ4v) is 3.93. The van der Waals surface area contributed by atoms with Gasteiger partial charge in [0.2, 0.25) is 5.91 Å². The lowest BCUT2D eigenvalue weighted by Gasteiger charge is -2.15. The van der Waals surface area contributed by atoms with Gasteiger partial charge in [0, 0.05) is 11.3 Å². The fourth-order valence-electron chi connectivity index (χ4n) is 2.68. The fraction of sp³-hybridized carbons (Fsp3) is 0.150. The Hall–Kier alpha value is -2.85. The molecule has 2 aromatic rings. The number of hydrogen-bond donors (Lipinski definition) is 1. The zero-order valence-corrected chi connectivity index (χ0v) is 17.2. The van der Waals surface area contributed by atoms with Gasteiger partial charge in [0.15, 0.2) is 0 Å². The molecule has 0 atom stereocenters. The van der Waals surface area contributed by atoms with Crippen LogP contribution in [0.1, 0.15) is 11.1 Å². The SMILES string of the molecule is COc1ccccc1/C=C1\SC(=S)N(CC(=O)Nc2cccc(C(F)(F)F)c2)C1=O. The largest absolute Gasteiger partial charge is 0.496 e. The first-order chi connectivity index (χ1) is 14.2. The number of benzene rings is 2. The second-order valence-electron chi connectivity index (χ2n) is 6.14. The smallest absolute Gasteiger partial charge is 0.416 e. The van der Waals surface area contributed by atoms with E-state index < -0.39 is 30.1 Å². The van der Waals surface area contributed by atoms with Gasteiger partial charge in [-0.1, -0.05) is 48.2 Å². The predicted molar refractivity (Wildman–Crippen MR) is 113 cm³/mol. The summed E-state index contributed by atoms with van der Waals surface area (Å²) in [5, 5.41) is 2.36. The summed E-state index contributed by atoms with van der Waals surface area (Å²) >= 11 is 6.23. The van der Waals surface area contributed by atoms with E-state index in [9.17, 15) is 22.8 Å². The van der Waals surface area contributed by atoms with E-state index in [4.69, 9.17) is 17.0 Å². The molecule has 0 radical (unpaired) electrons. The molecule has 1 fully saturated rings. The third-order valence-electron chi connectivity index (χ3n) is 4.07. The molecular weight excluding hydrogens is 437 g/mol. The molecular formula is C20H15F3N2O3S2. The van der Waals surface area contributed by atoms with E-state index in [1.54, 1.807) is 30.3 Å². The zero-order valence-electron chi connectivity index (χ0n) is 15.5. The number of amides is 2. The van der Waals surface area contributed by atoms with E-state index in [0.717, 1.165) is 28.8 Å². The number of ether oxygens (including phenoxy) is 1. The molecule has 0 aliphatic carbocycles. The number of nitrogens with one attached hydrogen (secondary N) is 1. The Balaban J connectivity index is 1.71. The molecule has 156 valence electrons. The number of anilines is 1. The second-order valence-corrected chi connectivity index (χ2v) is 7.81. The van der Waals surface area contributed by atoms with Gasteiger partial charge < -0.3 is 10.1 Å². The third kappa shape index (κ3) is 5.00. The minimum Gasteiger partial charge on any atom is -0.496 e. The highest BCUT2D eigenvalue weighted by molar-refractivity contribution is 8.26. The minimum atomic E-state index is -4.53. The monoisotopic (exact) mass is 452 g/mol. The van der Waals surface area contributed by atoms with Crippen LogP contribution in [-0.4, -0.2) is 34.7 Å². The summed E-state index contributed by atoms with van der Waals surface area (Å²) in [4.78, 5) is 26.4. The van der Waals surface area contributed by atoms with Gasteiger partial charge in [0.1, 0.15) is 16.6 Å². The Morgan fingerprint density at radius 3 is 2.67 bits per heavy atom. The van der Waals surface area contributed by atoms with E-state index in [1.807, 2.05) is 0 Å². The van der Waals surface area contributed by atoms with Crippen molar-refractivity contribution in [1.82, 2.24) is 4.90 Å². The average molecular weight is 452 g/mol. The zero-order chi connectivity index (χ0) is 21.9. The third-order valence-corrected chi connectivity index (χ3v) is 5.45. The van der Waals surface area contributed by atoms with E-state index in [0.29, 0.717) is 16.2 Å². The number of alkyl halides is 3. The van der Waals surface area contributed by atoms with Crippen LogP contribution < -0.4 is 10.1 Å². The number of carbonyl (C=O) groups is 2. The van der Waals surface area contributed by atoms with Crippen LogP contribution in [-0.2, 0) is 15.8 Å². The van der Waals surface area contributed by atoms with E-state index in [-0.39, 0.29) is 10.0 Å². The summed E-state index contributed by atoms with van der Waals surface area (Å²) in [6.07, 6.45) is -2.91. The number of para-hydroxylation sites is 1. The number of rotatable bonds is 5. The molecule has 0 unspecified atom stereocenters. The van der Waals surface area contributed by atoms with Gasteiger partial charge in [-0.2, -0.15) is 13.2 Å². The number of halogens is 3. The maximum atomic E-state index is 12.8. The lowest BCUT2D eigenvalue weighted by Crippen LogP contribution is -2.36. The van der Waals surface area contributed by atoms with Gasteiger partial charge >= 0.3 is 6.18 Å². The molecule has 1 heterocycles. The van der Waals surface area contributed by atoms with Gasteiger partial charge in [-0.25, -0.2) is 0 Å². The summed E-state index contributed by atoms with van der Waals surface area (Å²) in [7, 11) is 1.51. The molecule has 3 rings (SSSR count). The standard InChI is InChI=1S/C20H15F3N2O3S2/c1-28-15-8-3-2-5-12(15)9-16-18(27)25(19(29)30-16)11-17(26)24-14-7-4-6-13(10-14)20(21,22)23/h2-10H,11H2,1H3,(H,24,26)/b16-9-. The van der Waals surface area contributed by atoms with Crippen LogP contribution in [0.3, 0.4) is 0 Å². The van der Waals surface area contributed by atoms with Crippen molar-refractivity contribution in [3.8, 4) is 5.75 Å². The number of methoxy groups -OCH3 is 1. The summed E-state index contributed by atoms with van der Waals surface area (Å²) in [6.45, 7) is -0.413. The van der Waals surface area contributed by atoms with Crippen LogP contribution in [0, 0.1) is 0 Å². The number of nitrogens with zero attached hydrogens (tertiary/aromatic N) is 1. The molecule has 0 saturated carbocycles. The topological polar surface area (TPSA) is 58.6 Å². The molecule has 30 heavy (non-hydrogen) atoms. The van der Waals surface area contributed by atoms with E-state index in [2.05, 4.69) is 5.32 Å². The lowest BCUT2D eigenvalue weighted by molar-refractivity contribution is -0.137. The van der Waals surface area contributed by atoms with Crippen LogP contribution in [0.5, 0.6) is 5.75 Å². The first kappa shape index (κ1) is 21.8. The number of carbonyl (C=O) groups excluding carboxylic acids is 2. The Kier molecular flexibility index (Phi) is 6.47. The van der Waals surface area contributed by atoms with Crippen molar-refractivity contribution in [3.63, 3.8) is 0 Å². The minimum absolute atomic E-state index is 0.0233. The van der Waals surface area contributed by atoms with Crippen molar-refractivity contribution >= 4 is 51.9 Å². The van der Waals surface area contributed by atoms with Gasteiger partial charge in [-0.15, -0.1) is 0 Å². The normalized spacial score (nSPS) is 15.6. The summed E-state index contributed by atoms with van der Waals surface area (Å²) in [5.74, 6) is -0.552. The summed E-state index contributed by atoms with van der Waals surface area (Å²) < 4.78 is 43.9. The molecule has 1 aliphatic heterocycles. The van der Waals surface area contributed by atoms with E-state index >= 15 is 0 Å². The molecule has 1 aliphatic rings. The highest BCUT2D eigenvalue weighted by Gasteiger charge is 2.34. The Labute approximate surface area is 179 Å². The van der Waals surface area contributed by atoms with Crippen LogP contribution in [0.2, 0.25) is 0 Å². The molecule has 1 saturated heterocycles. The predicted octanol–water partition coefficient (Wildman–Crippen LogP) is 4.55. The van der Waals surface area contributed by atoms with E-state index in [1.165, 1.54) is 19.2 Å². The van der Waals surface area contributed by atoms with Gasteiger partial charge in [0.05, 0.1) is 17.6 Å². The van der Waals surface area contributed by atoms with Gasteiger partial charge in [0.25, 0.3) is 5.91 Å². The number of hydrogen-bond acceptors (Lipinski definition) is 5. The van der Waals surface area contributed by atoms with Gasteiger partial charge in [-0.3, -0.25) is 14.5 Å². The van der Waals surface area contributed by atoms with Crippen LogP contribution >= 0.6 is 24.0 Å². The number of thiocarbonyl (C=S) groups is 1. The average Bonchev–Trinajstić information content (AvgIpc) is 2.95. The molecule has 2 aromatic carbocycles. The molecule has 1 N–H and O–H groups in total. The molecule has 5 nitrogen and oxygen atoms in total. The molecule has 10 heteroatoms. The Bertz CT molecular complexity index is 1040. The van der Waals surface area contributed by atoms with Crippen LogP contribution in [0.25, 0.3) is 6.08 Å². The Morgan fingerprint density at radius 2 is 1.97 bits per heavy atom.